The van der Waals surface area contributed by atoms with Gasteiger partial charge in [0.2, 0.25) is 0 Å². The van der Waals surface area contributed by atoms with Crippen LogP contribution in [0.1, 0.15) is 0 Å². The maximum Gasteiger partial charge on any atom is 0.0540 e. The highest BCUT2D eigenvalue weighted by molar-refractivity contribution is 7.25. The van der Waals surface area contributed by atoms with Crippen molar-refractivity contribution in [1.29, 1.82) is 0 Å². The van der Waals surface area contributed by atoms with Crippen LogP contribution in [0.4, 0.5) is 17.1 Å². The second kappa shape index (κ2) is 11.0. The van der Waals surface area contributed by atoms with E-state index in [0.717, 1.165) is 17.1 Å². The minimum Gasteiger partial charge on any atom is -0.310 e. The van der Waals surface area contributed by atoms with E-state index in [1.165, 1.54) is 64.0 Å². The van der Waals surface area contributed by atoms with Crippen LogP contribution in [0.3, 0.4) is 0 Å². The minimum absolute atomic E-state index is 1.13. The molecule has 9 rings (SSSR count). The van der Waals surface area contributed by atoms with Crippen LogP contribution < -0.4 is 4.90 Å². The van der Waals surface area contributed by atoms with E-state index in [-0.39, 0.29) is 0 Å². The van der Waals surface area contributed by atoms with Crippen LogP contribution in [0.5, 0.6) is 0 Å². The van der Waals surface area contributed by atoms with Gasteiger partial charge in [-0.3, -0.25) is 0 Å². The summed E-state index contributed by atoms with van der Waals surface area (Å²) in [5.74, 6) is 0. The molecule has 1 heterocycles. The Bertz CT molecular complexity index is 2540. The van der Waals surface area contributed by atoms with Gasteiger partial charge < -0.3 is 4.90 Å². The molecule has 1 nitrogen and oxygen atoms in total. The van der Waals surface area contributed by atoms with Gasteiger partial charge in [0, 0.05) is 36.9 Å². The minimum atomic E-state index is 1.13. The van der Waals surface area contributed by atoms with Crippen molar-refractivity contribution in [3.8, 4) is 22.3 Å². The number of nitrogens with zero attached hydrogens (tertiary/aromatic N) is 1. The van der Waals surface area contributed by atoms with Gasteiger partial charge in [-0.15, -0.1) is 11.3 Å². The van der Waals surface area contributed by atoms with E-state index >= 15 is 0 Å². The number of rotatable bonds is 5. The molecule has 0 saturated carbocycles. The molecule has 0 atom stereocenters. The van der Waals surface area contributed by atoms with Gasteiger partial charge in [-0.2, -0.15) is 0 Å². The Labute approximate surface area is 272 Å². The summed E-state index contributed by atoms with van der Waals surface area (Å²) < 4.78 is 2.61. The third-order valence-corrected chi connectivity index (χ3v) is 10.2. The molecule has 1 aromatic heterocycles. The normalized spacial score (nSPS) is 11.5. The average molecular weight is 604 g/mol. The predicted molar refractivity (Wildman–Crippen MR) is 200 cm³/mol. The second-order valence-corrected chi connectivity index (χ2v) is 12.9. The van der Waals surface area contributed by atoms with Crippen LogP contribution >= 0.6 is 11.3 Å². The molecule has 0 aliphatic carbocycles. The molecule has 0 aliphatic rings. The fraction of sp³-hybridized carbons (Fsp3) is 0. The molecule has 0 unspecified atom stereocenters. The average Bonchev–Trinajstić information content (AvgIpc) is 3.50. The Hall–Kier alpha value is -5.70. The maximum atomic E-state index is 2.43. The Balaban J connectivity index is 1.25. The van der Waals surface area contributed by atoms with Gasteiger partial charge in [0.15, 0.2) is 0 Å². The number of fused-ring (bicyclic) bond motifs is 5. The molecule has 46 heavy (non-hydrogen) atoms. The molecular weight excluding hydrogens is 575 g/mol. The Morgan fingerprint density at radius 3 is 1.96 bits per heavy atom. The summed E-state index contributed by atoms with van der Waals surface area (Å²) in [4.78, 5) is 2.43. The molecule has 8 aromatic carbocycles. The zero-order chi connectivity index (χ0) is 30.5. The van der Waals surface area contributed by atoms with Crippen molar-refractivity contribution in [2.75, 3.05) is 4.90 Å². The molecule has 0 aliphatic heterocycles. The molecular formula is C44H29NS. The van der Waals surface area contributed by atoms with E-state index in [9.17, 15) is 0 Å². The lowest BCUT2D eigenvalue weighted by molar-refractivity contribution is 1.30. The van der Waals surface area contributed by atoms with E-state index in [0.29, 0.717) is 0 Å². The molecule has 0 bridgehead atoms. The van der Waals surface area contributed by atoms with Crippen molar-refractivity contribution < 1.29 is 0 Å². The standard InChI is InChI=1S/C44H29NS/c1-2-11-30(12-3-1)32-15-8-17-35(28-32)45(36-24-26-41-40-19-6-7-22-43(40)46-44(41)29-36)42-21-10-16-33-27-34(23-25-39(33)42)38-20-9-14-31-13-4-5-18-37(31)38/h1-29H. The van der Waals surface area contributed by atoms with Gasteiger partial charge in [0.1, 0.15) is 0 Å². The first-order valence-corrected chi connectivity index (χ1v) is 16.5. The van der Waals surface area contributed by atoms with E-state index in [1.54, 1.807) is 0 Å². The van der Waals surface area contributed by atoms with E-state index in [4.69, 9.17) is 0 Å². The highest BCUT2D eigenvalue weighted by Gasteiger charge is 2.18. The first-order chi connectivity index (χ1) is 22.8. The first-order valence-electron chi connectivity index (χ1n) is 15.7. The quantitative estimate of drug-likeness (QED) is 0.189. The van der Waals surface area contributed by atoms with E-state index in [2.05, 4.69) is 181 Å². The molecule has 0 radical (unpaired) electrons. The van der Waals surface area contributed by atoms with E-state index < -0.39 is 0 Å². The Morgan fingerprint density at radius 2 is 1.02 bits per heavy atom. The van der Waals surface area contributed by atoms with Crippen molar-refractivity contribution in [1.82, 2.24) is 0 Å². The first kappa shape index (κ1) is 26.7. The molecule has 216 valence electrons. The number of hydrogen-bond acceptors (Lipinski definition) is 2. The van der Waals surface area contributed by atoms with Crippen molar-refractivity contribution in [2.24, 2.45) is 0 Å². The van der Waals surface area contributed by atoms with Crippen LogP contribution in [-0.2, 0) is 0 Å². The highest BCUT2D eigenvalue weighted by Crippen LogP contribution is 2.44. The lowest BCUT2D eigenvalue weighted by Crippen LogP contribution is -2.10. The highest BCUT2D eigenvalue weighted by atomic mass is 32.1. The molecule has 2 heteroatoms. The van der Waals surface area contributed by atoms with Gasteiger partial charge in [-0.25, -0.2) is 0 Å². The second-order valence-electron chi connectivity index (χ2n) is 11.8. The maximum absolute atomic E-state index is 2.43. The third kappa shape index (κ3) is 4.54. The summed E-state index contributed by atoms with van der Waals surface area (Å²) in [5.41, 5.74) is 8.33. The lowest BCUT2D eigenvalue weighted by Gasteiger charge is -2.27. The third-order valence-electron chi connectivity index (χ3n) is 9.03. The monoisotopic (exact) mass is 603 g/mol. The van der Waals surface area contributed by atoms with Crippen molar-refractivity contribution in [3.05, 3.63) is 176 Å². The van der Waals surface area contributed by atoms with Gasteiger partial charge in [-0.05, 0) is 80.9 Å². The van der Waals surface area contributed by atoms with Crippen LogP contribution in [0.15, 0.2) is 176 Å². The number of thiophene rings is 1. The smallest absolute Gasteiger partial charge is 0.0540 e. The van der Waals surface area contributed by atoms with Crippen LogP contribution in [0.2, 0.25) is 0 Å². The van der Waals surface area contributed by atoms with E-state index in [1.807, 2.05) is 11.3 Å². The summed E-state index contributed by atoms with van der Waals surface area (Å²) in [7, 11) is 0. The zero-order valence-electron chi connectivity index (χ0n) is 25.1. The zero-order valence-corrected chi connectivity index (χ0v) is 25.9. The number of hydrogen-bond donors (Lipinski definition) is 0. The Morgan fingerprint density at radius 1 is 0.348 bits per heavy atom. The molecule has 0 spiro atoms. The van der Waals surface area contributed by atoms with Crippen molar-refractivity contribution in [3.63, 3.8) is 0 Å². The fourth-order valence-electron chi connectivity index (χ4n) is 6.84. The van der Waals surface area contributed by atoms with Crippen LogP contribution in [-0.4, -0.2) is 0 Å². The molecule has 0 amide bonds. The lowest BCUT2D eigenvalue weighted by atomic mass is 9.95. The SMILES string of the molecule is c1ccc(-c2cccc(N(c3ccc4c(c3)sc3ccccc34)c3cccc4cc(-c5cccc6ccccc56)ccc34)c2)cc1. The van der Waals surface area contributed by atoms with Gasteiger partial charge >= 0.3 is 0 Å². The fourth-order valence-corrected chi connectivity index (χ4v) is 7.98. The molecule has 9 aromatic rings. The largest absolute Gasteiger partial charge is 0.310 e. The van der Waals surface area contributed by atoms with Gasteiger partial charge in [0.25, 0.3) is 0 Å². The molecule has 0 fully saturated rings. The van der Waals surface area contributed by atoms with Crippen molar-refractivity contribution >= 4 is 70.1 Å². The number of anilines is 3. The summed E-state index contributed by atoms with van der Waals surface area (Å²) in [6.07, 6.45) is 0. The Kier molecular flexibility index (Phi) is 6.40. The molecule has 0 N–H and O–H groups in total. The molecule has 0 saturated heterocycles. The summed E-state index contributed by atoms with van der Waals surface area (Å²) in [5, 5.41) is 7.59. The topological polar surface area (TPSA) is 3.24 Å². The summed E-state index contributed by atoms with van der Waals surface area (Å²) in [6.45, 7) is 0. The van der Waals surface area contributed by atoms with Crippen LogP contribution in [0.25, 0.3) is 64.0 Å². The predicted octanol–water partition coefficient (Wildman–Crippen LogP) is 13.2. The van der Waals surface area contributed by atoms with Crippen LogP contribution in [0, 0.1) is 0 Å². The van der Waals surface area contributed by atoms with Gasteiger partial charge in [-0.1, -0.05) is 133 Å². The summed E-state index contributed by atoms with van der Waals surface area (Å²) >= 11 is 1.86. The van der Waals surface area contributed by atoms with Crippen molar-refractivity contribution in [2.45, 2.75) is 0 Å². The van der Waals surface area contributed by atoms with Gasteiger partial charge in [0.05, 0.1) is 5.69 Å². The summed E-state index contributed by atoms with van der Waals surface area (Å²) in [6, 6.07) is 64.0. The number of benzene rings is 8.